The maximum atomic E-state index is 12.8. The molecule has 9 heteroatoms. The van der Waals surface area contributed by atoms with Crippen molar-refractivity contribution in [3.63, 3.8) is 0 Å². The third kappa shape index (κ3) is 12.2. The molecule has 0 unspecified atom stereocenters. The largest absolute Gasteiger partial charge is 0.348 e. The molecule has 9 nitrogen and oxygen atoms in total. The monoisotopic (exact) mass is 413 g/mol. The molecule has 29 heavy (non-hydrogen) atoms. The summed E-state index contributed by atoms with van der Waals surface area (Å²) in [5, 5.41) is 7.91. The molecule has 0 fully saturated rings. The molecule has 3 atom stereocenters. The van der Waals surface area contributed by atoms with E-state index in [1.54, 1.807) is 0 Å². The number of unbranched alkanes of at least 4 members (excludes halogenated alkanes) is 1. The molecule has 0 aromatic rings. The van der Waals surface area contributed by atoms with Gasteiger partial charge in [0.25, 0.3) is 0 Å². The first-order chi connectivity index (χ1) is 13.6. The van der Waals surface area contributed by atoms with Gasteiger partial charge in [-0.25, -0.2) is 0 Å². The molecule has 7 N–H and O–H groups in total. The van der Waals surface area contributed by atoms with Crippen LogP contribution in [0.5, 0.6) is 0 Å². The molecule has 3 amide bonds. The molecule has 168 valence electrons. The Balaban J connectivity index is 5.11. The number of carbonyl (C=O) groups is 4. The van der Waals surface area contributed by atoms with Crippen LogP contribution in [0.2, 0.25) is 0 Å². The zero-order valence-corrected chi connectivity index (χ0v) is 18.2. The first-order valence-electron chi connectivity index (χ1n) is 10.4. The van der Waals surface area contributed by atoms with Gasteiger partial charge in [-0.1, -0.05) is 34.1 Å². The molecule has 0 heterocycles. The zero-order valence-electron chi connectivity index (χ0n) is 18.2. The van der Waals surface area contributed by atoms with Crippen molar-refractivity contribution in [1.82, 2.24) is 16.0 Å². The lowest BCUT2D eigenvalue weighted by molar-refractivity contribution is -0.133. The Morgan fingerprint density at radius 2 is 1.38 bits per heavy atom. The van der Waals surface area contributed by atoms with Crippen LogP contribution >= 0.6 is 0 Å². The summed E-state index contributed by atoms with van der Waals surface area (Å²) in [7, 11) is 0. The second-order valence-electron chi connectivity index (χ2n) is 8.18. The first-order valence-corrected chi connectivity index (χ1v) is 10.4. The van der Waals surface area contributed by atoms with Crippen LogP contribution in [0.25, 0.3) is 0 Å². The van der Waals surface area contributed by atoms with E-state index < -0.39 is 35.8 Å². The number of hydrogen-bond acceptors (Lipinski definition) is 6. The summed E-state index contributed by atoms with van der Waals surface area (Å²) < 4.78 is 0. The maximum Gasteiger partial charge on any atom is 0.243 e. The standard InChI is InChI=1S/C20H39N5O4/c1-13(2)11-16(19(28)23-9-10-26)25-20(29)17(12-14(3)4)24-18(27)15(22)7-5-6-8-21/h10,13-17H,5-9,11-12,21-22H2,1-4H3,(H,23,28)(H,24,27)(H,25,29)/t15-,16-,17-/m0/s1. The molecule has 0 aromatic heterocycles. The molecule has 0 radical (unpaired) electrons. The minimum Gasteiger partial charge on any atom is -0.348 e. The van der Waals surface area contributed by atoms with E-state index in [0.29, 0.717) is 32.1 Å². The Labute approximate surface area is 174 Å². The Hall–Kier alpha value is -2.00. The number of nitrogens with two attached hydrogens (primary N) is 2. The van der Waals surface area contributed by atoms with Crippen molar-refractivity contribution < 1.29 is 19.2 Å². The van der Waals surface area contributed by atoms with Crippen LogP contribution < -0.4 is 27.4 Å². The van der Waals surface area contributed by atoms with Gasteiger partial charge in [0, 0.05) is 0 Å². The fourth-order valence-corrected chi connectivity index (χ4v) is 2.86. The van der Waals surface area contributed by atoms with E-state index in [2.05, 4.69) is 16.0 Å². The Kier molecular flexibility index (Phi) is 13.9. The average molecular weight is 414 g/mol. The van der Waals surface area contributed by atoms with E-state index in [9.17, 15) is 19.2 Å². The number of carbonyl (C=O) groups excluding carboxylic acids is 4. The van der Waals surface area contributed by atoms with Crippen LogP contribution in [0.3, 0.4) is 0 Å². The summed E-state index contributed by atoms with van der Waals surface area (Å²) in [6, 6.07) is -2.30. The van der Waals surface area contributed by atoms with Gasteiger partial charge in [0.1, 0.15) is 18.4 Å². The molecule has 0 saturated carbocycles. The highest BCUT2D eigenvalue weighted by Crippen LogP contribution is 2.09. The van der Waals surface area contributed by atoms with Crippen LogP contribution in [-0.2, 0) is 19.2 Å². The second-order valence-corrected chi connectivity index (χ2v) is 8.18. The summed E-state index contributed by atoms with van der Waals surface area (Å²) in [6.07, 6.45) is 3.42. The number of rotatable bonds is 15. The summed E-state index contributed by atoms with van der Waals surface area (Å²) in [5.41, 5.74) is 11.4. The maximum absolute atomic E-state index is 12.8. The quantitative estimate of drug-likeness (QED) is 0.185. The van der Waals surface area contributed by atoms with Crippen molar-refractivity contribution in [2.45, 2.75) is 77.9 Å². The van der Waals surface area contributed by atoms with Gasteiger partial charge in [0.2, 0.25) is 17.7 Å². The fraction of sp³-hybridized carbons (Fsp3) is 0.800. The number of nitrogens with one attached hydrogen (secondary N) is 3. The highest BCUT2D eigenvalue weighted by atomic mass is 16.2. The molecule has 0 bridgehead atoms. The van der Waals surface area contributed by atoms with Crippen LogP contribution in [0.4, 0.5) is 0 Å². The highest BCUT2D eigenvalue weighted by Gasteiger charge is 2.28. The number of aldehydes is 1. The first kappa shape index (κ1) is 27.0. The molecule has 0 aromatic carbocycles. The van der Waals surface area contributed by atoms with E-state index in [1.165, 1.54) is 0 Å². The van der Waals surface area contributed by atoms with E-state index in [4.69, 9.17) is 11.5 Å². The van der Waals surface area contributed by atoms with Crippen molar-refractivity contribution in [2.75, 3.05) is 13.1 Å². The van der Waals surface area contributed by atoms with Gasteiger partial charge < -0.3 is 32.2 Å². The van der Waals surface area contributed by atoms with Crippen molar-refractivity contribution in [2.24, 2.45) is 23.3 Å². The summed E-state index contributed by atoms with van der Waals surface area (Å²) >= 11 is 0. The lowest BCUT2D eigenvalue weighted by Crippen LogP contribution is -2.56. The molecule has 0 aliphatic heterocycles. The normalized spacial score (nSPS) is 14.2. The van der Waals surface area contributed by atoms with Crippen molar-refractivity contribution in [3.8, 4) is 0 Å². The van der Waals surface area contributed by atoms with Gasteiger partial charge in [-0.2, -0.15) is 0 Å². The SMILES string of the molecule is CC(C)C[C@H](NC(=O)[C@H](CC(C)C)NC(=O)[C@@H](N)CCCCN)C(=O)NCC=O. The third-order valence-electron chi connectivity index (χ3n) is 4.35. The lowest BCUT2D eigenvalue weighted by atomic mass is 9.99. The summed E-state index contributed by atoms with van der Waals surface area (Å²) in [6.45, 7) is 8.16. The zero-order chi connectivity index (χ0) is 22.4. The Morgan fingerprint density at radius 1 is 0.862 bits per heavy atom. The highest BCUT2D eigenvalue weighted by molar-refractivity contribution is 5.93. The second kappa shape index (κ2) is 14.9. The Morgan fingerprint density at radius 3 is 1.86 bits per heavy atom. The van der Waals surface area contributed by atoms with E-state index in [-0.39, 0.29) is 18.4 Å². The molecule has 0 saturated heterocycles. The van der Waals surface area contributed by atoms with Gasteiger partial charge in [-0.05, 0) is 44.1 Å². The molecule has 0 spiro atoms. The predicted molar refractivity (Wildman–Crippen MR) is 113 cm³/mol. The van der Waals surface area contributed by atoms with Gasteiger partial charge in [0.05, 0.1) is 12.6 Å². The number of hydrogen-bond donors (Lipinski definition) is 5. The summed E-state index contributed by atoms with van der Waals surface area (Å²) in [4.78, 5) is 48.1. The van der Waals surface area contributed by atoms with Crippen molar-refractivity contribution in [3.05, 3.63) is 0 Å². The minimum atomic E-state index is -0.795. The van der Waals surface area contributed by atoms with Gasteiger partial charge >= 0.3 is 0 Å². The third-order valence-corrected chi connectivity index (χ3v) is 4.35. The van der Waals surface area contributed by atoms with Crippen LogP contribution in [0, 0.1) is 11.8 Å². The van der Waals surface area contributed by atoms with Crippen LogP contribution in [-0.4, -0.2) is 55.2 Å². The van der Waals surface area contributed by atoms with E-state index in [0.717, 1.165) is 12.8 Å². The van der Waals surface area contributed by atoms with Gasteiger partial charge in [0.15, 0.2) is 0 Å². The smallest absolute Gasteiger partial charge is 0.243 e. The lowest BCUT2D eigenvalue weighted by Gasteiger charge is -2.25. The summed E-state index contributed by atoms with van der Waals surface area (Å²) in [5.74, 6) is -0.961. The molecule has 0 aliphatic rings. The van der Waals surface area contributed by atoms with Crippen LogP contribution in [0.1, 0.15) is 59.8 Å². The van der Waals surface area contributed by atoms with Crippen molar-refractivity contribution >= 4 is 24.0 Å². The van der Waals surface area contributed by atoms with E-state index >= 15 is 0 Å². The van der Waals surface area contributed by atoms with Crippen molar-refractivity contribution in [1.29, 1.82) is 0 Å². The van der Waals surface area contributed by atoms with E-state index in [1.807, 2.05) is 27.7 Å². The molecular weight excluding hydrogens is 374 g/mol. The van der Waals surface area contributed by atoms with Gasteiger partial charge in [-0.3, -0.25) is 14.4 Å². The minimum absolute atomic E-state index is 0.118. The molecular formula is C20H39N5O4. The molecule has 0 aliphatic carbocycles. The number of amides is 3. The van der Waals surface area contributed by atoms with Crippen LogP contribution in [0.15, 0.2) is 0 Å². The average Bonchev–Trinajstić information content (AvgIpc) is 2.64. The predicted octanol–water partition coefficient (Wildman–Crippen LogP) is -0.180. The fourth-order valence-electron chi connectivity index (χ4n) is 2.86. The molecule has 0 rings (SSSR count). The Bertz CT molecular complexity index is 525. The topological polar surface area (TPSA) is 156 Å². The van der Waals surface area contributed by atoms with Gasteiger partial charge in [-0.15, -0.1) is 0 Å².